The lowest BCUT2D eigenvalue weighted by Gasteiger charge is -2.40. The summed E-state index contributed by atoms with van der Waals surface area (Å²) in [7, 11) is 0. The van der Waals surface area contributed by atoms with Gasteiger partial charge in [0.1, 0.15) is 24.4 Å². The zero-order chi connectivity index (χ0) is 55.8. The van der Waals surface area contributed by atoms with Gasteiger partial charge >= 0.3 is 0 Å². The molecule has 9 heteroatoms. The number of hydrogen-bond acceptors (Lipinski definition) is 8. The Bertz CT molecular complexity index is 1180. The van der Waals surface area contributed by atoms with E-state index in [1.807, 2.05) is 0 Å². The molecule has 1 fully saturated rings. The molecule has 1 amide bonds. The number of aliphatic hydroxyl groups is 5. The molecule has 1 aliphatic rings. The van der Waals surface area contributed by atoms with Crippen molar-refractivity contribution in [2.75, 3.05) is 13.2 Å². The Kier molecular flexibility index (Phi) is 56.3. The predicted molar refractivity (Wildman–Crippen MR) is 328 cm³/mol. The molecule has 7 atom stereocenters. The van der Waals surface area contributed by atoms with Crippen LogP contribution in [0.25, 0.3) is 0 Å². The van der Waals surface area contributed by atoms with Crippen molar-refractivity contribution in [3.63, 3.8) is 0 Å². The molecular formula is C68H135NO8. The molecule has 0 radical (unpaired) electrons. The Morgan fingerprint density at radius 2 is 0.649 bits per heavy atom. The summed E-state index contributed by atoms with van der Waals surface area (Å²) in [4.78, 5) is 13.1. The van der Waals surface area contributed by atoms with E-state index in [2.05, 4.69) is 19.2 Å². The average molecular weight is 1090 g/mol. The number of carbonyl (C=O) groups is 1. The van der Waals surface area contributed by atoms with E-state index in [1.165, 1.54) is 308 Å². The first-order chi connectivity index (χ1) is 37.8. The summed E-state index contributed by atoms with van der Waals surface area (Å²) in [6.45, 7) is 3.90. The minimum atomic E-state index is -1.55. The van der Waals surface area contributed by atoms with Crippen LogP contribution in [-0.2, 0) is 14.3 Å². The fourth-order valence-electron chi connectivity index (χ4n) is 11.8. The van der Waals surface area contributed by atoms with Gasteiger partial charge in [-0.15, -0.1) is 0 Å². The topological polar surface area (TPSA) is 149 Å². The van der Waals surface area contributed by atoms with Gasteiger partial charge < -0.3 is 40.3 Å². The minimum Gasteiger partial charge on any atom is -0.394 e. The second-order valence-electron chi connectivity index (χ2n) is 24.7. The first-order valence-electron chi connectivity index (χ1n) is 34.7. The monoisotopic (exact) mass is 1090 g/mol. The molecule has 9 nitrogen and oxygen atoms in total. The highest BCUT2D eigenvalue weighted by Gasteiger charge is 2.44. The van der Waals surface area contributed by atoms with Crippen LogP contribution < -0.4 is 5.32 Å². The maximum Gasteiger partial charge on any atom is 0.220 e. The van der Waals surface area contributed by atoms with Crippen molar-refractivity contribution >= 4 is 5.91 Å². The maximum atomic E-state index is 13.1. The molecule has 1 saturated heterocycles. The number of ether oxygens (including phenoxy) is 2. The smallest absolute Gasteiger partial charge is 0.220 e. The number of aliphatic hydroxyl groups excluding tert-OH is 5. The van der Waals surface area contributed by atoms with Crippen molar-refractivity contribution in [3.8, 4) is 0 Å². The van der Waals surface area contributed by atoms with Gasteiger partial charge in [0.05, 0.1) is 25.4 Å². The Balaban J connectivity index is 2.04. The summed E-state index contributed by atoms with van der Waals surface area (Å²) in [5, 5.41) is 54.8. The van der Waals surface area contributed by atoms with Crippen LogP contribution in [0.3, 0.4) is 0 Å². The number of hydrogen-bond donors (Lipinski definition) is 6. The van der Waals surface area contributed by atoms with Gasteiger partial charge in [-0.05, 0) is 12.8 Å². The zero-order valence-electron chi connectivity index (χ0n) is 51.5. The van der Waals surface area contributed by atoms with Crippen molar-refractivity contribution in [2.24, 2.45) is 0 Å². The Hall–Kier alpha value is -0.810. The second kappa shape index (κ2) is 58.4. The molecule has 0 aromatic carbocycles. The quantitative estimate of drug-likeness (QED) is 0.0330. The molecule has 1 rings (SSSR count). The third-order valence-corrected chi connectivity index (χ3v) is 17.2. The summed E-state index contributed by atoms with van der Waals surface area (Å²) in [6, 6.07) is -0.714. The van der Waals surface area contributed by atoms with Crippen molar-refractivity contribution < 1.29 is 39.8 Å². The molecule has 1 heterocycles. The SMILES string of the molecule is CCCCCCCCCCCCCCCCCCCCCCCCCCCCCCCCCCCCCCC(=O)NC(COC1OC(CO)C(O)C(O)C1O)C(O)CCCCCCCCCCCCCCCCCCCC. The Morgan fingerprint density at radius 3 is 0.922 bits per heavy atom. The molecule has 0 aromatic heterocycles. The predicted octanol–water partition coefficient (Wildman–Crippen LogP) is 18.5. The van der Waals surface area contributed by atoms with Crippen LogP contribution in [0, 0.1) is 0 Å². The number of nitrogens with one attached hydrogen (secondary N) is 1. The van der Waals surface area contributed by atoms with E-state index >= 15 is 0 Å². The zero-order valence-corrected chi connectivity index (χ0v) is 51.5. The highest BCUT2D eigenvalue weighted by Crippen LogP contribution is 2.24. The van der Waals surface area contributed by atoms with Crippen molar-refractivity contribution in [1.29, 1.82) is 0 Å². The summed E-state index contributed by atoms with van der Waals surface area (Å²) in [5.41, 5.74) is 0. The summed E-state index contributed by atoms with van der Waals surface area (Å²) >= 11 is 0. The van der Waals surface area contributed by atoms with Crippen molar-refractivity contribution in [3.05, 3.63) is 0 Å². The number of amides is 1. The van der Waals surface area contributed by atoms with Gasteiger partial charge in [-0.2, -0.15) is 0 Å². The lowest BCUT2D eigenvalue weighted by molar-refractivity contribution is -0.302. The number of carbonyl (C=O) groups excluding carboxylic acids is 1. The second-order valence-corrected chi connectivity index (χ2v) is 24.7. The molecule has 0 aromatic rings. The third kappa shape index (κ3) is 47.4. The molecular weight excluding hydrogens is 959 g/mol. The van der Waals surface area contributed by atoms with E-state index in [9.17, 15) is 30.3 Å². The Labute approximate surface area is 478 Å². The van der Waals surface area contributed by atoms with Gasteiger partial charge in [0.2, 0.25) is 5.91 Å². The van der Waals surface area contributed by atoms with E-state index in [0.29, 0.717) is 12.8 Å². The van der Waals surface area contributed by atoms with E-state index < -0.39 is 49.5 Å². The van der Waals surface area contributed by atoms with E-state index in [0.717, 1.165) is 38.5 Å². The molecule has 0 saturated carbocycles. The highest BCUT2D eigenvalue weighted by molar-refractivity contribution is 5.76. The van der Waals surface area contributed by atoms with Gasteiger partial charge in [0, 0.05) is 6.42 Å². The molecule has 7 unspecified atom stereocenters. The molecule has 0 spiro atoms. The molecule has 0 bridgehead atoms. The van der Waals surface area contributed by atoms with Crippen LogP contribution in [0.1, 0.15) is 373 Å². The highest BCUT2D eigenvalue weighted by atomic mass is 16.7. The molecule has 77 heavy (non-hydrogen) atoms. The minimum absolute atomic E-state index is 0.131. The summed E-state index contributed by atoms with van der Waals surface area (Å²) in [6.07, 6.45) is 66.1. The molecule has 1 aliphatic heterocycles. The van der Waals surface area contributed by atoms with Gasteiger partial charge in [0.25, 0.3) is 0 Å². The van der Waals surface area contributed by atoms with Gasteiger partial charge in [0.15, 0.2) is 6.29 Å². The van der Waals surface area contributed by atoms with Gasteiger partial charge in [-0.25, -0.2) is 0 Å². The van der Waals surface area contributed by atoms with E-state index in [1.54, 1.807) is 0 Å². The lowest BCUT2D eigenvalue weighted by atomic mass is 9.99. The van der Waals surface area contributed by atoms with Crippen LogP contribution in [0.2, 0.25) is 0 Å². The molecule has 6 N–H and O–H groups in total. The van der Waals surface area contributed by atoms with E-state index in [4.69, 9.17) is 9.47 Å². The fraction of sp³-hybridized carbons (Fsp3) is 0.985. The van der Waals surface area contributed by atoms with Crippen LogP contribution in [-0.4, -0.2) is 87.5 Å². The maximum absolute atomic E-state index is 13.1. The molecule has 0 aliphatic carbocycles. The van der Waals surface area contributed by atoms with E-state index in [-0.39, 0.29) is 12.5 Å². The van der Waals surface area contributed by atoms with Gasteiger partial charge in [-0.1, -0.05) is 354 Å². The standard InChI is InChI=1S/C68H135NO8/c1-3-5-7-9-11-13-15-17-19-21-23-24-25-26-27-28-29-30-31-32-33-34-35-36-37-38-39-40-42-44-46-48-50-52-54-56-58-64(72)69-61(60-76-68-67(75)66(74)65(73)63(59-70)77-68)62(71)57-55-53-51-49-47-45-43-41-22-20-18-16-14-12-10-8-6-4-2/h61-63,65-68,70-71,73-75H,3-60H2,1-2H3,(H,69,72). The van der Waals surface area contributed by atoms with Crippen LogP contribution in [0.4, 0.5) is 0 Å². The van der Waals surface area contributed by atoms with Crippen molar-refractivity contribution in [2.45, 2.75) is 416 Å². The average Bonchev–Trinajstić information content (AvgIpc) is 3.43. The number of unbranched alkanes of at least 4 members (excludes halogenated alkanes) is 52. The normalized spacial score (nSPS) is 18.6. The summed E-state index contributed by atoms with van der Waals surface area (Å²) < 4.78 is 11.4. The summed E-state index contributed by atoms with van der Waals surface area (Å²) in [5.74, 6) is -0.134. The fourth-order valence-corrected chi connectivity index (χ4v) is 11.8. The first-order valence-corrected chi connectivity index (χ1v) is 34.7. The first kappa shape index (κ1) is 74.2. The molecule has 460 valence electrons. The van der Waals surface area contributed by atoms with Crippen LogP contribution in [0.5, 0.6) is 0 Å². The van der Waals surface area contributed by atoms with Gasteiger partial charge in [-0.3, -0.25) is 4.79 Å². The largest absolute Gasteiger partial charge is 0.394 e. The van der Waals surface area contributed by atoms with Crippen molar-refractivity contribution in [1.82, 2.24) is 5.32 Å². The van der Waals surface area contributed by atoms with Crippen LogP contribution in [0.15, 0.2) is 0 Å². The third-order valence-electron chi connectivity index (χ3n) is 17.2. The Morgan fingerprint density at radius 1 is 0.390 bits per heavy atom. The van der Waals surface area contributed by atoms with Crippen LogP contribution >= 0.6 is 0 Å². The lowest BCUT2D eigenvalue weighted by Crippen LogP contribution is -2.60. The number of rotatable bonds is 62.